The molecule has 0 fully saturated rings. The minimum Gasteiger partial charge on any atom is -0.489 e. The van der Waals surface area contributed by atoms with E-state index in [1.54, 1.807) is 60.7 Å². The van der Waals surface area contributed by atoms with Crippen LogP contribution in [0.5, 0.6) is 5.75 Å². The largest absolute Gasteiger partial charge is 0.496 e. The van der Waals surface area contributed by atoms with Crippen molar-refractivity contribution in [2.45, 2.75) is 45.6 Å². The Bertz CT molecular complexity index is 1630. The number of hydrogen-bond acceptors (Lipinski definition) is 7. The summed E-state index contributed by atoms with van der Waals surface area (Å²) in [6.45, 7) is 2.59. The van der Waals surface area contributed by atoms with Crippen LogP contribution in [0.1, 0.15) is 64.7 Å². The van der Waals surface area contributed by atoms with Crippen molar-refractivity contribution < 1.29 is 24.0 Å². The molecule has 0 radical (unpaired) electrons. The summed E-state index contributed by atoms with van der Waals surface area (Å²) in [4.78, 5) is 50.3. The molecule has 0 unspecified atom stereocenters. The molecule has 11 heteroatoms. The van der Waals surface area contributed by atoms with Crippen LogP contribution in [0.25, 0.3) is 5.69 Å². The Morgan fingerprint density at radius 2 is 1.79 bits per heavy atom. The molecule has 11 nitrogen and oxygen atoms in total. The van der Waals surface area contributed by atoms with E-state index in [1.807, 2.05) is 6.07 Å². The average molecular weight is 580 g/mol. The first-order valence-electron chi connectivity index (χ1n) is 14.0. The van der Waals surface area contributed by atoms with Gasteiger partial charge in [0.1, 0.15) is 23.0 Å². The fraction of sp³-hybridized carbons (Fsp3) is 0.250. The summed E-state index contributed by atoms with van der Waals surface area (Å²) in [5, 5.41) is 18.5. The van der Waals surface area contributed by atoms with E-state index in [-0.39, 0.29) is 35.8 Å². The number of aromatic nitrogens is 2. The van der Waals surface area contributed by atoms with E-state index < -0.39 is 16.7 Å². The lowest BCUT2D eigenvalue weighted by Gasteiger charge is -2.27. The summed E-state index contributed by atoms with van der Waals surface area (Å²) >= 11 is 0. The van der Waals surface area contributed by atoms with E-state index in [4.69, 9.17) is 4.74 Å². The number of nitrogens with one attached hydrogen (secondary N) is 1. The average Bonchev–Trinajstić information content (AvgIpc) is 3.41. The van der Waals surface area contributed by atoms with E-state index in [0.717, 1.165) is 24.8 Å². The van der Waals surface area contributed by atoms with Gasteiger partial charge in [0.2, 0.25) is 11.6 Å². The Morgan fingerprint density at radius 1 is 1.05 bits per heavy atom. The van der Waals surface area contributed by atoms with Gasteiger partial charge in [0, 0.05) is 29.9 Å². The second-order valence-electron chi connectivity index (χ2n) is 10.0. The summed E-state index contributed by atoms with van der Waals surface area (Å²) in [6, 6.07) is 24.7. The Balaban J connectivity index is 1.39. The molecule has 0 bridgehead atoms. The lowest BCUT2D eigenvalue weighted by atomic mass is 10.0. The highest BCUT2D eigenvalue weighted by Gasteiger charge is 2.38. The Kier molecular flexibility index (Phi) is 8.77. The molecule has 218 valence electrons. The Labute approximate surface area is 248 Å². The predicted octanol–water partition coefficient (Wildman–Crippen LogP) is 5.19. The number of nitrogens with zero attached hydrogens (tertiary/aromatic N) is 4. The summed E-state index contributed by atoms with van der Waals surface area (Å²) < 4.78 is 7.09. The number of hydrogen-bond donors (Lipinski definition) is 1. The molecule has 5 rings (SSSR count). The van der Waals surface area contributed by atoms with Crippen LogP contribution in [0, 0.1) is 22.2 Å². The number of benzene rings is 2. The zero-order valence-corrected chi connectivity index (χ0v) is 23.5. The van der Waals surface area contributed by atoms with Crippen LogP contribution >= 0.6 is 0 Å². The number of amides is 3. The SMILES string of the molecule is CCCCCC(=O)Nc1ccc(N2CCc3c(C(=O)[N+](=O)[O-])nn(-c4ccc(OCc5cc#ccc5)cc4)c3C2=O)cc1. The van der Waals surface area contributed by atoms with Crippen molar-refractivity contribution in [3.05, 3.63) is 111 Å². The van der Waals surface area contributed by atoms with Gasteiger partial charge in [0.05, 0.1) is 5.69 Å². The third-order valence-corrected chi connectivity index (χ3v) is 7.06. The molecule has 0 spiro atoms. The number of carbonyl (C=O) groups is 3. The first-order valence-corrected chi connectivity index (χ1v) is 14.0. The van der Waals surface area contributed by atoms with Gasteiger partial charge in [-0.05, 0) is 85.1 Å². The van der Waals surface area contributed by atoms with Crippen molar-refractivity contribution in [3.63, 3.8) is 0 Å². The van der Waals surface area contributed by atoms with Gasteiger partial charge in [-0.2, -0.15) is 5.10 Å². The molecule has 0 saturated heterocycles. The molecule has 3 aromatic carbocycles. The van der Waals surface area contributed by atoms with Crippen molar-refractivity contribution in [1.29, 1.82) is 0 Å². The van der Waals surface area contributed by atoms with Crippen molar-refractivity contribution in [1.82, 2.24) is 9.78 Å². The van der Waals surface area contributed by atoms with Gasteiger partial charge in [-0.1, -0.05) is 31.9 Å². The number of ether oxygens (including phenoxy) is 1. The molecule has 0 saturated carbocycles. The molecular formula is C32H29N5O6. The minimum atomic E-state index is -1.37. The first kappa shape index (κ1) is 29.0. The quantitative estimate of drug-likeness (QED) is 0.147. The van der Waals surface area contributed by atoms with E-state index in [0.29, 0.717) is 35.8 Å². The van der Waals surface area contributed by atoms with Crippen LogP contribution in [0.4, 0.5) is 11.4 Å². The normalized spacial score (nSPS) is 12.3. The monoisotopic (exact) mass is 579 g/mol. The molecular weight excluding hydrogens is 550 g/mol. The zero-order valence-electron chi connectivity index (χ0n) is 23.5. The summed E-state index contributed by atoms with van der Waals surface area (Å²) in [5.41, 5.74) is 2.50. The number of unbranched alkanes of at least 4 members (excludes halogenated alkanes) is 2. The predicted molar refractivity (Wildman–Crippen MR) is 158 cm³/mol. The fourth-order valence-corrected chi connectivity index (χ4v) is 4.85. The molecule has 2 heterocycles. The molecule has 1 aliphatic rings. The van der Waals surface area contributed by atoms with E-state index in [2.05, 4.69) is 29.5 Å². The second kappa shape index (κ2) is 13.0. The molecule has 4 aromatic rings. The molecule has 3 amide bonds. The van der Waals surface area contributed by atoms with Crippen molar-refractivity contribution in [3.8, 4) is 11.4 Å². The van der Waals surface area contributed by atoms with Crippen molar-refractivity contribution >= 4 is 29.1 Å². The van der Waals surface area contributed by atoms with Gasteiger partial charge >= 0.3 is 5.91 Å². The van der Waals surface area contributed by atoms with Crippen molar-refractivity contribution in [2.75, 3.05) is 16.8 Å². The summed E-state index contributed by atoms with van der Waals surface area (Å²) in [5.74, 6) is -1.33. The maximum Gasteiger partial charge on any atom is 0.496 e. The number of rotatable bonds is 11. The van der Waals surface area contributed by atoms with E-state index in [9.17, 15) is 24.5 Å². The maximum atomic E-state index is 13.8. The van der Waals surface area contributed by atoms with Gasteiger partial charge < -0.3 is 15.0 Å². The molecule has 43 heavy (non-hydrogen) atoms. The standard InChI is InChI=1S/C32H29N5O6/c1-2-3-5-10-28(38)33-23-11-13-24(14-12-23)35-20-19-27-29(31(39)37(41)42)34-36(30(27)32(35)40)25-15-17-26(18-16-25)43-21-22-8-6-4-7-9-22/h6,8-9,11-18H,2-3,5,10,19-21H2,1H3,(H,33,38). The fourth-order valence-electron chi connectivity index (χ4n) is 4.85. The molecule has 1 aromatic heterocycles. The lowest BCUT2D eigenvalue weighted by molar-refractivity contribution is -0.375. The van der Waals surface area contributed by atoms with Crippen LogP contribution in [0.2, 0.25) is 0 Å². The molecule has 0 aliphatic carbocycles. The molecule has 1 N–H and O–H groups in total. The molecule has 1 aliphatic heterocycles. The number of fused-ring (bicyclic) bond motifs is 1. The topological polar surface area (TPSA) is 137 Å². The smallest absolute Gasteiger partial charge is 0.489 e. The molecule has 0 atom stereocenters. The number of carbonyl (C=O) groups excluding carboxylic acids is 3. The van der Waals surface area contributed by atoms with Crippen LogP contribution < -0.4 is 15.0 Å². The third-order valence-electron chi connectivity index (χ3n) is 7.06. The van der Waals surface area contributed by atoms with Gasteiger partial charge in [-0.3, -0.25) is 19.7 Å². The van der Waals surface area contributed by atoms with Crippen LogP contribution in [0.3, 0.4) is 0 Å². The van der Waals surface area contributed by atoms with Crippen LogP contribution in [0.15, 0.2) is 66.7 Å². The Hall–Kier alpha value is -5.50. The minimum absolute atomic E-state index is 0.0691. The second-order valence-corrected chi connectivity index (χ2v) is 10.0. The number of nitro groups is 1. The maximum absolute atomic E-state index is 13.8. The first-order chi connectivity index (χ1) is 20.9. The highest BCUT2D eigenvalue weighted by atomic mass is 16.6. The van der Waals surface area contributed by atoms with Gasteiger partial charge in [-0.25, -0.2) is 9.48 Å². The van der Waals surface area contributed by atoms with Crippen molar-refractivity contribution in [2.24, 2.45) is 0 Å². The number of anilines is 2. The third kappa shape index (κ3) is 6.54. The summed E-state index contributed by atoms with van der Waals surface area (Å²) in [7, 11) is 0. The van der Waals surface area contributed by atoms with E-state index in [1.165, 1.54) is 9.58 Å². The van der Waals surface area contributed by atoms with Crippen LogP contribution in [-0.2, 0) is 17.8 Å². The van der Waals surface area contributed by atoms with Gasteiger partial charge in [0.25, 0.3) is 5.91 Å². The Morgan fingerprint density at radius 3 is 2.47 bits per heavy atom. The highest BCUT2D eigenvalue weighted by molar-refractivity contribution is 6.09. The van der Waals surface area contributed by atoms with Gasteiger partial charge in [-0.15, -0.1) is 0 Å². The summed E-state index contributed by atoms with van der Waals surface area (Å²) in [6.07, 6.45) is 3.47. The van der Waals surface area contributed by atoms with Crippen LogP contribution in [-0.4, -0.2) is 39.0 Å². The lowest BCUT2D eigenvalue weighted by Crippen LogP contribution is -2.39. The highest BCUT2D eigenvalue weighted by Crippen LogP contribution is 2.30. The van der Waals surface area contributed by atoms with Gasteiger partial charge in [0.15, 0.2) is 0 Å². The zero-order chi connectivity index (χ0) is 30.3. The van der Waals surface area contributed by atoms with E-state index >= 15 is 0 Å².